The van der Waals surface area contributed by atoms with Gasteiger partial charge < -0.3 is 10.5 Å². The molecule has 0 aliphatic rings. The zero-order valence-electron chi connectivity index (χ0n) is 11.3. The standard InChI is InChI=1S/C15H13N3O2S/c1-11(21-14-7-2-3-8-18(14)20)15(19)17-13-6-4-5-12(9-13)10-16/h2-9,11H,1H3,(H,17,19). The first kappa shape index (κ1) is 14.9. The van der Waals surface area contributed by atoms with Crippen molar-refractivity contribution in [3.8, 4) is 6.07 Å². The van der Waals surface area contributed by atoms with Crippen LogP contribution < -0.4 is 10.0 Å². The minimum atomic E-state index is -0.432. The molecule has 2 aromatic rings. The van der Waals surface area contributed by atoms with E-state index in [0.29, 0.717) is 16.3 Å². The molecule has 106 valence electrons. The summed E-state index contributed by atoms with van der Waals surface area (Å²) in [5.74, 6) is -0.223. The summed E-state index contributed by atoms with van der Waals surface area (Å²) < 4.78 is 0.727. The van der Waals surface area contributed by atoms with E-state index in [2.05, 4.69) is 5.32 Å². The molecule has 0 fully saturated rings. The van der Waals surface area contributed by atoms with Gasteiger partial charge in [-0.05, 0) is 43.0 Å². The van der Waals surface area contributed by atoms with Gasteiger partial charge >= 0.3 is 0 Å². The summed E-state index contributed by atoms with van der Waals surface area (Å²) in [6.07, 6.45) is 1.39. The average molecular weight is 299 g/mol. The van der Waals surface area contributed by atoms with Crippen molar-refractivity contribution in [3.05, 3.63) is 59.4 Å². The molecule has 1 aromatic carbocycles. The first-order valence-corrected chi connectivity index (χ1v) is 7.14. The van der Waals surface area contributed by atoms with Gasteiger partial charge in [-0.3, -0.25) is 4.79 Å². The third kappa shape index (κ3) is 3.97. The largest absolute Gasteiger partial charge is 0.618 e. The van der Waals surface area contributed by atoms with Crippen molar-refractivity contribution < 1.29 is 9.52 Å². The molecule has 0 aliphatic carbocycles. The van der Waals surface area contributed by atoms with Crippen molar-refractivity contribution in [2.45, 2.75) is 17.2 Å². The van der Waals surface area contributed by atoms with Crippen LogP contribution in [0.15, 0.2) is 53.7 Å². The predicted molar refractivity (Wildman–Crippen MR) is 80.5 cm³/mol. The van der Waals surface area contributed by atoms with Crippen molar-refractivity contribution in [2.24, 2.45) is 0 Å². The quantitative estimate of drug-likeness (QED) is 0.534. The van der Waals surface area contributed by atoms with E-state index in [9.17, 15) is 10.0 Å². The van der Waals surface area contributed by atoms with Crippen LogP contribution in [-0.4, -0.2) is 11.2 Å². The predicted octanol–water partition coefficient (Wildman–Crippen LogP) is 2.31. The van der Waals surface area contributed by atoms with Crippen LogP contribution in [0.4, 0.5) is 5.69 Å². The molecule has 0 saturated heterocycles. The maximum atomic E-state index is 12.1. The maximum Gasteiger partial charge on any atom is 0.252 e. The number of carbonyl (C=O) groups is 1. The van der Waals surface area contributed by atoms with Gasteiger partial charge in [0, 0.05) is 17.8 Å². The summed E-state index contributed by atoms with van der Waals surface area (Å²) in [6, 6.07) is 13.7. The molecule has 5 nitrogen and oxygen atoms in total. The monoisotopic (exact) mass is 299 g/mol. The van der Waals surface area contributed by atoms with Crippen LogP contribution in [0.25, 0.3) is 0 Å². The molecule has 6 heteroatoms. The number of nitriles is 1. The Labute approximate surface area is 126 Å². The molecule has 1 N–H and O–H groups in total. The molecule has 1 amide bonds. The second-order valence-corrected chi connectivity index (χ2v) is 5.67. The molecule has 21 heavy (non-hydrogen) atoms. The van der Waals surface area contributed by atoms with Gasteiger partial charge in [-0.2, -0.15) is 9.99 Å². The SMILES string of the molecule is CC(Sc1cccc[n+]1[O-])C(=O)Nc1cccc(C#N)c1. The molecule has 0 radical (unpaired) electrons. The molecule has 1 atom stereocenters. The summed E-state index contributed by atoms with van der Waals surface area (Å²) in [6.45, 7) is 1.72. The topological polar surface area (TPSA) is 79.8 Å². The number of amides is 1. The van der Waals surface area contributed by atoms with E-state index in [1.165, 1.54) is 18.0 Å². The van der Waals surface area contributed by atoms with Crippen LogP contribution in [0.3, 0.4) is 0 Å². The average Bonchev–Trinajstić information content (AvgIpc) is 2.49. The second-order valence-electron chi connectivity index (χ2n) is 4.31. The summed E-state index contributed by atoms with van der Waals surface area (Å²) >= 11 is 1.18. The van der Waals surface area contributed by atoms with Gasteiger partial charge in [-0.1, -0.05) is 6.07 Å². The van der Waals surface area contributed by atoms with Crippen molar-refractivity contribution in [2.75, 3.05) is 5.32 Å². The van der Waals surface area contributed by atoms with E-state index < -0.39 is 5.25 Å². The number of rotatable bonds is 4. The Morgan fingerprint density at radius 2 is 2.19 bits per heavy atom. The van der Waals surface area contributed by atoms with Crippen molar-refractivity contribution in [1.29, 1.82) is 5.26 Å². The number of hydrogen-bond donors (Lipinski definition) is 1. The van der Waals surface area contributed by atoms with Crippen molar-refractivity contribution in [1.82, 2.24) is 0 Å². The van der Waals surface area contributed by atoms with E-state index in [1.807, 2.05) is 6.07 Å². The Morgan fingerprint density at radius 1 is 1.38 bits per heavy atom. The Hall–Kier alpha value is -2.52. The van der Waals surface area contributed by atoms with E-state index in [4.69, 9.17) is 5.26 Å². The first-order valence-electron chi connectivity index (χ1n) is 6.26. The Bertz CT molecular complexity index is 697. The minimum Gasteiger partial charge on any atom is -0.618 e. The van der Waals surface area contributed by atoms with E-state index in [1.54, 1.807) is 49.4 Å². The summed E-state index contributed by atoms with van der Waals surface area (Å²) in [5.41, 5.74) is 1.04. The molecule has 0 aliphatic heterocycles. The first-order chi connectivity index (χ1) is 10.1. The smallest absolute Gasteiger partial charge is 0.252 e. The Kier molecular flexibility index (Phi) is 4.80. The van der Waals surface area contributed by atoms with Crippen LogP contribution in [-0.2, 0) is 4.79 Å². The number of benzene rings is 1. The van der Waals surface area contributed by atoms with Gasteiger partial charge in [0.15, 0.2) is 6.20 Å². The zero-order chi connectivity index (χ0) is 15.2. The van der Waals surface area contributed by atoms with Gasteiger partial charge in [0.2, 0.25) is 5.91 Å². The highest BCUT2D eigenvalue weighted by atomic mass is 32.2. The highest BCUT2D eigenvalue weighted by Gasteiger charge is 2.18. The molecule has 1 aromatic heterocycles. The summed E-state index contributed by atoms with van der Waals surface area (Å²) in [5, 5.41) is 23.1. The number of nitrogens with zero attached hydrogens (tertiary/aromatic N) is 2. The number of thioether (sulfide) groups is 1. The van der Waals surface area contributed by atoms with E-state index in [0.717, 1.165) is 4.73 Å². The van der Waals surface area contributed by atoms with Gasteiger partial charge in [-0.25, -0.2) is 0 Å². The highest BCUT2D eigenvalue weighted by molar-refractivity contribution is 8.00. The number of hydrogen-bond acceptors (Lipinski definition) is 4. The van der Waals surface area contributed by atoms with Gasteiger partial charge in [0.1, 0.15) is 0 Å². The van der Waals surface area contributed by atoms with Crippen molar-refractivity contribution >= 4 is 23.4 Å². The molecule has 0 spiro atoms. The van der Waals surface area contributed by atoms with Crippen LogP contribution in [0.5, 0.6) is 0 Å². The number of nitrogens with one attached hydrogen (secondary N) is 1. The summed E-state index contributed by atoms with van der Waals surface area (Å²) in [4.78, 5) is 12.1. The highest BCUT2D eigenvalue weighted by Crippen LogP contribution is 2.21. The lowest BCUT2D eigenvalue weighted by molar-refractivity contribution is -0.645. The molecular weight excluding hydrogens is 286 g/mol. The lowest BCUT2D eigenvalue weighted by atomic mass is 10.2. The molecule has 1 unspecified atom stereocenters. The fourth-order valence-electron chi connectivity index (χ4n) is 1.65. The van der Waals surface area contributed by atoms with Crippen LogP contribution >= 0.6 is 11.8 Å². The van der Waals surface area contributed by atoms with Gasteiger partial charge in [0.25, 0.3) is 5.03 Å². The number of aromatic nitrogens is 1. The number of pyridine rings is 1. The maximum absolute atomic E-state index is 12.1. The fraction of sp³-hybridized carbons (Fsp3) is 0.133. The number of anilines is 1. The lowest BCUT2D eigenvalue weighted by Crippen LogP contribution is -2.30. The summed E-state index contributed by atoms with van der Waals surface area (Å²) in [7, 11) is 0. The van der Waals surface area contributed by atoms with E-state index in [-0.39, 0.29) is 5.91 Å². The Morgan fingerprint density at radius 3 is 2.90 bits per heavy atom. The molecule has 0 bridgehead atoms. The van der Waals surface area contributed by atoms with Crippen LogP contribution in [0.2, 0.25) is 0 Å². The van der Waals surface area contributed by atoms with Crippen LogP contribution in [0, 0.1) is 16.5 Å². The van der Waals surface area contributed by atoms with Crippen LogP contribution in [0.1, 0.15) is 12.5 Å². The number of carbonyl (C=O) groups excluding carboxylic acids is 1. The third-order valence-electron chi connectivity index (χ3n) is 2.71. The lowest BCUT2D eigenvalue weighted by Gasteiger charge is -2.11. The minimum absolute atomic E-state index is 0.223. The molecule has 0 saturated carbocycles. The fourth-order valence-corrected chi connectivity index (χ4v) is 2.50. The Balaban J connectivity index is 2.03. The van der Waals surface area contributed by atoms with E-state index >= 15 is 0 Å². The zero-order valence-corrected chi connectivity index (χ0v) is 12.1. The second kappa shape index (κ2) is 6.77. The third-order valence-corrected chi connectivity index (χ3v) is 3.84. The molecule has 2 rings (SSSR count). The van der Waals surface area contributed by atoms with Crippen molar-refractivity contribution in [3.63, 3.8) is 0 Å². The van der Waals surface area contributed by atoms with Gasteiger partial charge in [0.05, 0.1) is 16.9 Å². The molecular formula is C15H13N3O2S. The molecule has 1 heterocycles. The normalized spacial score (nSPS) is 11.4. The van der Waals surface area contributed by atoms with Gasteiger partial charge in [-0.15, -0.1) is 0 Å².